The predicted molar refractivity (Wildman–Crippen MR) is 80.5 cm³/mol. The molecule has 1 aliphatic rings. The van der Waals surface area contributed by atoms with E-state index < -0.39 is 0 Å². The maximum Gasteiger partial charge on any atom is 0.258 e. The lowest BCUT2D eigenvalue weighted by atomic mass is 10.2. The van der Waals surface area contributed by atoms with E-state index in [1.807, 2.05) is 6.92 Å². The smallest absolute Gasteiger partial charge is 0.258 e. The van der Waals surface area contributed by atoms with Gasteiger partial charge in [-0.3, -0.25) is 4.79 Å². The van der Waals surface area contributed by atoms with E-state index in [2.05, 4.69) is 20.2 Å². The summed E-state index contributed by atoms with van der Waals surface area (Å²) in [5, 5.41) is 18.8. The maximum atomic E-state index is 11.0. The molecular formula is C13H12N4O3S. The number of thioether (sulfide) groups is 1. The average Bonchev–Trinajstić information content (AvgIpc) is 3.00. The second-order valence-corrected chi connectivity index (χ2v) is 5.18. The Morgan fingerprint density at radius 2 is 2.33 bits per heavy atom. The summed E-state index contributed by atoms with van der Waals surface area (Å²) < 4.78 is 5.43. The van der Waals surface area contributed by atoms with E-state index in [9.17, 15) is 9.90 Å². The molecule has 0 radical (unpaired) electrons. The van der Waals surface area contributed by atoms with Crippen molar-refractivity contribution in [1.29, 1.82) is 0 Å². The number of H-pyrrole nitrogens is 1. The van der Waals surface area contributed by atoms with Crippen LogP contribution < -0.4 is 4.74 Å². The van der Waals surface area contributed by atoms with Gasteiger partial charge in [-0.2, -0.15) is 4.99 Å². The third-order valence-electron chi connectivity index (χ3n) is 2.82. The molecule has 2 N–H and O–H groups in total. The summed E-state index contributed by atoms with van der Waals surface area (Å²) in [6, 6.07) is 5.38. The third kappa shape index (κ3) is 2.75. The fourth-order valence-corrected chi connectivity index (χ4v) is 2.52. The number of aliphatic imine (C=N–C) groups is 1. The molecule has 21 heavy (non-hydrogen) atoms. The number of aromatic hydroxyl groups is 1. The van der Waals surface area contributed by atoms with Gasteiger partial charge in [0.2, 0.25) is 11.0 Å². The molecule has 0 fully saturated rings. The number of aromatic nitrogens is 1. The summed E-state index contributed by atoms with van der Waals surface area (Å²) in [7, 11) is 0. The molecule has 8 heteroatoms. The van der Waals surface area contributed by atoms with Gasteiger partial charge in [-0.25, -0.2) is 0 Å². The molecule has 3 rings (SSSR count). The van der Waals surface area contributed by atoms with E-state index in [0.717, 1.165) is 5.52 Å². The Bertz CT molecular complexity index is 766. The highest BCUT2D eigenvalue weighted by Gasteiger charge is 2.16. The van der Waals surface area contributed by atoms with Crippen LogP contribution in [-0.2, 0) is 4.79 Å². The first kappa shape index (κ1) is 13.6. The lowest BCUT2D eigenvalue weighted by molar-refractivity contribution is -0.115. The molecule has 1 amide bonds. The average molecular weight is 304 g/mol. The van der Waals surface area contributed by atoms with Gasteiger partial charge in [0.1, 0.15) is 5.75 Å². The number of benzene rings is 1. The van der Waals surface area contributed by atoms with Gasteiger partial charge in [0.25, 0.3) is 5.91 Å². The van der Waals surface area contributed by atoms with Crippen molar-refractivity contribution in [3.8, 4) is 11.6 Å². The molecule has 0 atom stereocenters. The molecule has 0 aliphatic carbocycles. The summed E-state index contributed by atoms with van der Waals surface area (Å²) in [6.07, 6.45) is 0. The van der Waals surface area contributed by atoms with Crippen molar-refractivity contribution in [1.82, 2.24) is 4.98 Å². The van der Waals surface area contributed by atoms with Gasteiger partial charge >= 0.3 is 0 Å². The van der Waals surface area contributed by atoms with Gasteiger partial charge in [-0.1, -0.05) is 11.8 Å². The van der Waals surface area contributed by atoms with E-state index in [0.29, 0.717) is 28.6 Å². The second-order valence-electron chi connectivity index (χ2n) is 4.24. The normalized spacial score (nSPS) is 15.1. The minimum atomic E-state index is -0.226. The number of hydrogen-bond acceptors (Lipinski definition) is 6. The molecular weight excluding hydrogens is 292 g/mol. The van der Waals surface area contributed by atoms with Gasteiger partial charge in [-0.15, -0.1) is 10.2 Å². The van der Waals surface area contributed by atoms with E-state index in [4.69, 9.17) is 4.74 Å². The SMILES string of the molecule is CCOc1ccc2[nH]c(O)c(N=NC3=NC(=O)CS3)c2c1. The zero-order valence-electron chi connectivity index (χ0n) is 11.2. The van der Waals surface area contributed by atoms with Gasteiger partial charge in [0, 0.05) is 5.39 Å². The molecule has 0 spiro atoms. The van der Waals surface area contributed by atoms with Crippen LogP contribution in [-0.4, -0.2) is 33.5 Å². The van der Waals surface area contributed by atoms with Gasteiger partial charge in [0.15, 0.2) is 5.69 Å². The lowest BCUT2D eigenvalue weighted by Gasteiger charge is -2.02. The van der Waals surface area contributed by atoms with Crippen molar-refractivity contribution in [2.45, 2.75) is 6.92 Å². The van der Waals surface area contributed by atoms with Crippen LogP contribution >= 0.6 is 11.8 Å². The first-order valence-corrected chi connectivity index (χ1v) is 7.29. The van der Waals surface area contributed by atoms with Gasteiger partial charge < -0.3 is 14.8 Å². The maximum absolute atomic E-state index is 11.0. The van der Waals surface area contributed by atoms with Crippen LogP contribution in [0.3, 0.4) is 0 Å². The van der Waals surface area contributed by atoms with Crippen molar-refractivity contribution < 1.29 is 14.6 Å². The molecule has 0 unspecified atom stereocenters. The monoisotopic (exact) mass is 304 g/mol. The Balaban J connectivity index is 1.98. The largest absolute Gasteiger partial charge is 0.494 e. The molecule has 108 valence electrons. The summed E-state index contributed by atoms with van der Waals surface area (Å²) in [4.78, 5) is 17.6. The van der Waals surface area contributed by atoms with Crippen LogP contribution in [0, 0.1) is 0 Å². The molecule has 1 aliphatic heterocycles. The van der Waals surface area contributed by atoms with E-state index >= 15 is 0 Å². The van der Waals surface area contributed by atoms with Crippen LogP contribution in [0.5, 0.6) is 11.6 Å². The quantitative estimate of drug-likeness (QED) is 0.851. The molecule has 2 heterocycles. The summed E-state index contributed by atoms with van der Waals surface area (Å²) in [5.74, 6) is 0.652. The molecule has 0 saturated carbocycles. The van der Waals surface area contributed by atoms with Crippen LogP contribution in [0.4, 0.5) is 5.69 Å². The molecule has 1 aromatic heterocycles. The number of nitrogens with zero attached hydrogens (tertiary/aromatic N) is 3. The molecule has 2 aromatic rings. The molecule has 0 bridgehead atoms. The first-order valence-electron chi connectivity index (χ1n) is 6.31. The van der Waals surface area contributed by atoms with Crippen LogP contribution in [0.2, 0.25) is 0 Å². The Morgan fingerprint density at radius 1 is 1.48 bits per heavy atom. The molecule has 1 aromatic carbocycles. The third-order valence-corrected chi connectivity index (χ3v) is 3.64. The lowest BCUT2D eigenvalue weighted by Crippen LogP contribution is -1.90. The number of aromatic amines is 1. The number of fused-ring (bicyclic) bond motifs is 1. The standard InChI is InChI=1S/C13H12N4O3S/c1-2-20-7-3-4-9-8(5-7)11(12(19)14-9)16-17-13-15-10(18)6-21-13/h3-5,14,19H,2,6H2,1H3. The number of amidine groups is 1. The first-order chi connectivity index (χ1) is 10.2. The minimum absolute atomic E-state index is 0.0858. The molecule has 7 nitrogen and oxygen atoms in total. The van der Waals surface area contributed by atoms with Crippen molar-refractivity contribution in [3.05, 3.63) is 18.2 Å². The van der Waals surface area contributed by atoms with Crippen LogP contribution in [0.15, 0.2) is 33.4 Å². The second kappa shape index (κ2) is 5.57. The highest BCUT2D eigenvalue weighted by molar-refractivity contribution is 8.14. The fraction of sp³-hybridized carbons (Fsp3) is 0.231. The summed E-state index contributed by atoms with van der Waals surface area (Å²) in [6.45, 7) is 2.44. The number of nitrogens with one attached hydrogen (secondary N) is 1. The number of rotatable bonds is 3. The topological polar surface area (TPSA) is 99.4 Å². The van der Waals surface area contributed by atoms with Gasteiger partial charge in [-0.05, 0) is 25.1 Å². The summed E-state index contributed by atoms with van der Waals surface area (Å²) in [5.41, 5.74) is 1.02. The van der Waals surface area contributed by atoms with E-state index in [1.165, 1.54) is 11.8 Å². The fourth-order valence-electron chi connectivity index (χ4n) is 1.94. The number of ether oxygens (including phenoxy) is 1. The van der Waals surface area contributed by atoms with E-state index in [-0.39, 0.29) is 17.5 Å². The highest BCUT2D eigenvalue weighted by Crippen LogP contribution is 2.37. The van der Waals surface area contributed by atoms with Gasteiger partial charge in [0.05, 0.1) is 17.9 Å². The molecule has 0 saturated heterocycles. The van der Waals surface area contributed by atoms with Crippen LogP contribution in [0.1, 0.15) is 6.92 Å². The Kier molecular flexibility index (Phi) is 3.61. The van der Waals surface area contributed by atoms with Crippen molar-refractivity contribution >= 4 is 39.4 Å². The summed E-state index contributed by atoms with van der Waals surface area (Å²) >= 11 is 1.22. The van der Waals surface area contributed by atoms with E-state index in [1.54, 1.807) is 18.2 Å². The van der Waals surface area contributed by atoms with Crippen molar-refractivity contribution in [2.75, 3.05) is 12.4 Å². The highest BCUT2D eigenvalue weighted by atomic mass is 32.2. The van der Waals surface area contributed by atoms with Crippen LogP contribution in [0.25, 0.3) is 10.9 Å². The predicted octanol–water partition coefficient (Wildman–Crippen LogP) is 2.99. The van der Waals surface area contributed by atoms with Crippen molar-refractivity contribution in [2.24, 2.45) is 15.2 Å². The zero-order valence-corrected chi connectivity index (χ0v) is 12.0. The number of carbonyl (C=O) groups is 1. The number of azo groups is 1. The zero-order chi connectivity index (χ0) is 14.8. The minimum Gasteiger partial charge on any atom is -0.494 e. The Morgan fingerprint density at radius 3 is 3.05 bits per heavy atom. The number of carbonyl (C=O) groups excluding carboxylic acids is 1. The Labute approximate surface area is 124 Å². The number of hydrogen-bond donors (Lipinski definition) is 2. The van der Waals surface area contributed by atoms with Crippen molar-refractivity contribution in [3.63, 3.8) is 0 Å². The number of amides is 1. The Hall–Kier alpha value is -2.35.